The van der Waals surface area contributed by atoms with Gasteiger partial charge in [-0.05, 0) is 50.4 Å². The summed E-state index contributed by atoms with van der Waals surface area (Å²) in [6, 6.07) is 20.1. The fraction of sp³-hybridized carbons (Fsp3) is 0.318. The van der Waals surface area contributed by atoms with Crippen LogP contribution in [0.5, 0.6) is 0 Å². The van der Waals surface area contributed by atoms with Crippen molar-refractivity contribution >= 4 is 10.9 Å². The van der Waals surface area contributed by atoms with Crippen LogP contribution in [-0.4, -0.2) is 17.6 Å². The third-order valence-electron chi connectivity index (χ3n) is 5.03. The SMILES string of the molecule is Cc1ccc(-c2cc(CC3CCCCN3)c3ccccc3n2)cc1. The number of piperidine rings is 1. The van der Waals surface area contributed by atoms with Crippen molar-refractivity contribution in [2.75, 3.05) is 6.54 Å². The highest BCUT2D eigenvalue weighted by atomic mass is 14.9. The zero-order valence-corrected chi connectivity index (χ0v) is 14.3. The van der Waals surface area contributed by atoms with Crippen LogP contribution in [0.1, 0.15) is 30.4 Å². The molecule has 1 N–H and O–H groups in total. The van der Waals surface area contributed by atoms with Gasteiger partial charge in [-0.25, -0.2) is 4.98 Å². The summed E-state index contributed by atoms with van der Waals surface area (Å²) in [5.41, 5.74) is 6.08. The summed E-state index contributed by atoms with van der Waals surface area (Å²) < 4.78 is 0. The van der Waals surface area contributed by atoms with Crippen molar-refractivity contribution in [2.24, 2.45) is 0 Å². The smallest absolute Gasteiger partial charge is 0.0712 e. The molecule has 0 radical (unpaired) electrons. The Morgan fingerprint density at radius 3 is 2.67 bits per heavy atom. The fourth-order valence-electron chi connectivity index (χ4n) is 3.65. The molecule has 2 heteroatoms. The lowest BCUT2D eigenvalue weighted by Crippen LogP contribution is -2.35. The van der Waals surface area contributed by atoms with Crippen LogP contribution in [0.15, 0.2) is 54.6 Å². The average Bonchev–Trinajstić information content (AvgIpc) is 2.63. The monoisotopic (exact) mass is 316 g/mol. The molecule has 2 nitrogen and oxygen atoms in total. The number of para-hydroxylation sites is 1. The summed E-state index contributed by atoms with van der Waals surface area (Å²) in [5.74, 6) is 0. The van der Waals surface area contributed by atoms with E-state index in [1.165, 1.54) is 41.3 Å². The summed E-state index contributed by atoms with van der Waals surface area (Å²) in [4.78, 5) is 4.91. The quantitative estimate of drug-likeness (QED) is 0.744. The van der Waals surface area contributed by atoms with Gasteiger partial charge in [-0.3, -0.25) is 0 Å². The van der Waals surface area contributed by atoms with Crippen LogP contribution in [0.4, 0.5) is 0 Å². The van der Waals surface area contributed by atoms with Gasteiger partial charge in [0.15, 0.2) is 0 Å². The van der Waals surface area contributed by atoms with E-state index in [0.29, 0.717) is 6.04 Å². The van der Waals surface area contributed by atoms with Gasteiger partial charge in [0.05, 0.1) is 11.2 Å². The lowest BCUT2D eigenvalue weighted by atomic mass is 9.94. The normalized spacial score (nSPS) is 18.0. The van der Waals surface area contributed by atoms with E-state index in [1.54, 1.807) is 0 Å². The highest BCUT2D eigenvalue weighted by molar-refractivity contribution is 5.85. The first-order valence-electron chi connectivity index (χ1n) is 8.99. The Labute approximate surface area is 143 Å². The number of nitrogens with one attached hydrogen (secondary N) is 1. The van der Waals surface area contributed by atoms with Gasteiger partial charge in [-0.15, -0.1) is 0 Å². The molecule has 0 bridgehead atoms. The van der Waals surface area contributed by atoms with Crippen molar-refractivity contribution in [2.45, 2.75) is 38.6 Å². The topological polar surface area (TPSA) is 24.9 Å². The maximum absolute atomic E-state index is 4.91. The molecule has 1 aliphatic heterocycles. The second-order valence-corrected chi connectivity index (χ2v) is 6.90. The van der Waals surface area contributed by atoms with Gasteiger partial charge in [-0.1, -0.05) is 54.4 Å². The molecular formula is C22H24N2. The summed E-state index contributed by atoms with van der Waals surface area (Å²) in [5, 5.41) is 4.97. The maximum Gasteiger partial charge on any atom is 0.0712 e. The number of rotatable bonds is 3. The van der Waals surface area contributed by atoms with E-state index in [1.807, 2.05) is 0 Å². The Morgan fingerprint density at radius 1 is 1.04 bits per heavy atom. The predicted molar refractivity (Wildman–Crippen MR) is 101 cm³/mol. The second-order valence-electron chi connectivity index (χ2n) is 6.90. The van der Waals surface area contributed by atoms with Crippen LogP contribution in [0.2, 0.25) is 0 Å². The first kappa shape index (κ1) is 15.3. The number of pyridine rings is 1. The van der Waals surface area contributed by atoms with Gasteiger partial charge < -0.3 is 5.32 Å². The number of aryl methyl sites for hydroxylation is 1. The molecule has 0 saturated carbocycles. The third kappa shape index (κ3) is 3.20. The molecule has 122 valence electrons. The van der Waals surface area contributed by atoms with Crippen LogP contribution in [0.3, 0.4) is 0 Å². The zero-order valence-electron chi connectivity index (χ0n) is 14.3. The highest BCUT2D eigenvalue weighted by Gasteiger charge is 2.15. The molecule has 0 spiro atoms. The van der Waals surface area contributed by atoms with Gasteiger partial charge in [0.2, 0.25) is 0 Å². The molecule has 0 amide bonds. The number of aromatic nitrogens is 1. The zero-order chi connectivity index (χ0) is 16.4. The van der Waals surface area contributed by atoms with E-state index in [9.17, 15) is 0 Å². The van der Waals surface area contributed by atoms with E-state index < -0.39 is 0 Å². The first-order chi connectivity index (χ1) is 11.8. The number of nitrogens with zero attached hydrogens (tertiary/aromatic N) is 1. The molecule has 4 rings (SSSR count). The Kier molecular flexibility index (Phi) is 4.31. The molecule has 1 saturated heterocycles. The highest BCUT2D eigenvalue weighted by Crippen LogP contribution is 2.27. The molecule has 1 unspecified atom stereocenters. The minimum Gasteiger partial charge on any atom is -0.314 e. The fourth-order valence-corrected chi connectivity index (χ4v) is 3.65. The standard InChI is InChI=1S/C22H24N2/c1-16-9-11-17(12-10-16)22-15-18(14-19-6-4-5-13-23-19)20-7-2-3-8-21(20)24-22/h2-3,7-12,15,19,23H,4-6,13-14H2,1H3. The minimum absolute atomic E-state index is 0.593. The molecular weight excluding hydrogens is 292 g/mol. The lowest BCUT2D eigenvalue weighted by Gasteiger charge is -2.24. The largest absolute Gasteiger partial charge is 0.314 e. The number of hydrogen-bond donors (Lipinski definition) is 1. The van der Waals surface area contributed by atoms with Gasteiger partial charge in [0.25, 0.3) is 0 Å². The predicted octanol–water partition coefficient (Wildman–Crippen LogP) is 4.89. The molecule has 1 atom stereocenters. The number of hydrogen-bond acceptors (Lipinski definition) is 2. The third-order valence-corrected chi connectivity index (χ3v) is 5.03. The Hall–Kier alpha value is -2.19. The molecule has 2 aromatic carbocycles. The van der Waals surface area contributed by atoms with Gasteiger partial charge >= 0.3 is 0 Å². The summed E-state index contributed by atoms with van der Waals surface area (Å²) in [6.07, 6.45) is 5.01. The van der Waals surface area contributed by atoms with Crippen molar-refractivity contribution in [1.29, 1.82) is 0 Å². The van der Waals surface area contributed by atoms with Crippen LogP contribution in [-0.2, 0) is 6.42 Å². The van der Waals surface area contributed by atoms with Gasteiger partial charge in [-0.2, -0.15) is 0 Å². The maximum atomic E-state index is 4.91. The number of fused-ring (bicyclic) bond motifs is 1. The second kappa shape index (κ2) is 6.74. The minimum atomic E-state index is 0.593. The van der Waals surface area contributed by atoms with Crippen LogP contribution >= 0.6 is 0 Å². The van der Waals surface area contributed by atoms with Gasteiger partial charge in [0, 0.05) is 17.0 Å². The van der Waals surface area contributed by atoms with E-state index in [0.717, 1.165) is 24.2 Å². The van der Waals surface area contributed by atoms with Crippen molar-refractivity contribution in [3.05, 3.63) is 65.7 Å². The van der Waals surface area contributed by atoms with E-state index >= 15 is 0 Å². The first-order valence-corrected chi connectivity index (χ1v) is 8.99. The molecule has 1 aromatic heterocycles. The van der Waals surface area contributed by atoms with E-state index in [-0.39, 0.29) is 0 Å². The average molecular weight is 316 g/mol. The molecule has 3 aromatic rings. The molecule has 24 heavy (non-hydrogen) atoms. The molecule has 2 heterocycles. The van der Waals surface area contributed by atoms with Crippen molar-refractivity contribution < 1.29 is 0 Å². The van der Waals surface area contributed by atoms with Crippen LogP contribution in [0, 0.1) is 6.92 Å². The molecule has 0 aliphatic carbocycles. The van der Waals surface area contributed by atoms with Crippen LogP contribution < -0.4 is 5.32 Å². The van der Waals surface area contributed by atoms with Crippen molar-refractivity contribution in [1.82, 2.24) is 10.3 Å². The van der Waals surface area contributed by atoms with E-state index in [2.05, 4.69) is 66.8 Å². The summed E-state index contributed by atoms with van der Waals surface area (Å²) >= 11 is 0. The Morgan fingerprint density at radius 2 is 1.88 bits per heavy atom. The van der Waals surface area contributed by atoms with Gasteiger partial charge in [0.1, 0.15) is 0 Å². The molecule has 1 aliphatic rings. The Bertz CT molecular complexity index is 830. The summed E-state index contributed by atoms with van der Waals surface area (Å²) in [7, 11) is 0. The number of benzene rings is 2. The lowest BCUT2D eigenvalue weighted by molar-refractivity contribution is 0.400. The van der Waals surface area contributed by atoms with Crippen molar-refractivity contribution in [3.63, 3.8) is 0 Å². The Balaban J connectivity index is 1.76. The van der Waals surface area contributed by atoms with Crippen LogP contribution in [0.25, 0.3) is 22.2 Å². The van der Waals surface area contributed by atoms with Crippen molar-refractivity contribution in [3.8, 4) is 11.3 Å². The van der Waals surface area contributed by atoms with E-state index in [4.69, 9.17) is 4.98 Å². The molecule has 1 fully saturated rings. The summed E-state index contributed by atoms with van der Waals surface area (Å²) in [6.45, 7) is 3.27.